The summed E-state index contributed by atoms with van der Waals surface area (Å²) in [6.45, 7) is -0.0138. The van der Waals surface area contributed by atoms with Gasteiger partial charge in [0.2, 0.25) is 0 Å². The Morgan fingerprint density at radius 1 is 1.40 bits per heavy atom. The lowest BCUT2D eigenvalue weighted by Gasteiger charge is -2.13. The molecular weight excluding hydrogens is 256 g/mol. The van der Waals surface area contributed by atoms with Gasteiger partial charge in [-0.2, -0.15) is 5.26 Å². The molecule has 1 aromatic rings. The normalized spacial score (nSPS) is 21.2. The number of rotatable bonds is 5. The Bertz CT molecular complexity index is 493. The van der Waals surface area contributed by atoms with E-state index in [0.29, 0.717) is 11.3 Å². The minimum absolute atomic E-state index is 0.0138. The van der Waals surface area contributed by atoms with Gasteiger partial charge in [-0.25, -0.2) is 0 Å². The summed E-state index contributed by atoms with van der Waals surface area (Å²) in [5.41, 5.74) is 0.568. The minimum atomic E-state index is -0.129. The quantitative estimate of drug-likeness (QED) is 0.885. The molecule has 106 valence electrons. The Balaban J connectivity index is 1.73. The van der Waals surface area contributed by atoms with Crippen molar-refractivity contribution in [3.05, 3.63) is 29.8 Å². The van der Waals surface area contributed by atoms with Crippen LogP contribution in [0.4, 0.5) is 0 Å². The van der Waals surface area contributed by atoms with Gasteiger partial charge in [0.15, 0.2) is 6.61 Å². The van der Waals surface area contributed by atoms with E-state index in [1.165, 1.54) is 0 Å². The SMILES string of the molecule is COC1CCC(NC(=O)COc2ccc(C#N)cc2)C1. The van der Waals surface area contributed by atoms with E-state index in [1.54, 1.807) is 31.4 Å². The predicted molar refractivity (Wildman–Crippen MR) is 73.2 cm³/mol. The number of ether oxygens (including phenoxy) is 2. The van der Waals surface area contributed by atoms with Gasteiger partial charge in [0.1, 0.15) is 5.75 Å². The third-order valence-electron chi connectivity index (χ3n) is 3.44. The molecule has 2 rings (SSSR count). The first-order chi connectivity index (χ1) is 9.71. The molecule has 0 heterocycles. The van der Waals surface area contributed by atoms with Gasteiger partial charge < -0.3 is 14.8 Å². The number of hydrogen-bond donors (Lipinski definition) is 1. The van der Waals surface area contributed by atoms with Crippen LogP contribution in [0.1, 0.15) is 24.8 Å². The highest BCUT2D eigenvalue weighted by molar-refractivity contribution is 5.77. The minimum Gasteiger partial charge on any atom is -0.484 e. The molecule has 1 saturated carbocycles. The molecule has 5 heteroatoms. The van der Waals surface area contributed by atoms with E-state index in [9.17, 15) is 4.79 Å². The van der Waals surface area contributed by atoms with Crippen molar-refractivity contribution < 1.29 is 14.3 Å². The molecule has 1 aliphatic rings. The maximum Gasteiger partial charge on any atom is 0.258 e. The second-order valence-corrected chi connectivity index (χ2v) is 4.86. The van der Waals surface area contributed by atoms with Crippen LogP contribution in [0.15, 0.2) is 24.3 Å². The predicted octanol–water partition coefficient (Wildman–Crippen LogP) is 1.62. The van der Waals surface area contributed by atoms with Crippen LogP contribution in [0.5, 0.6) is 5.75 Å². The van der Waals surface area contributed by atoms with Crippen LogP contribution < -0.4 is 10.1 Å². The molecule has 0 aliphatic heterocycles. The van der Waals surface area contributed by atoms with E-state index in [-0.39, 0.29) is 24.7 Å². The summed E-state index contributed by atoms with van der Waals surface area (Å²) in [4.78, 5) is 11.8. The second kappa shape index (κ2) is 6.92. The fraction of sp³-hybridized carbons (Fsp3) is 0.467. The molecule has 1 amide bonds. The summed E-state index contributed by atoms with van der Waals surface area (Å²) in [6.07, 6.45) is 3.04. The van der Waals surface area contributed by atoms with Crippen LogP contribution in [0.3, 0.4) is 0 Å². The lowest BCUT2D eigenvalue weighted by atomic mass is 10.2. The third-order valence-corrected chi connectivity index (χ3v) is 3.44. The molecular formula is C15H18N2O3. The Labute approximate surface area is 118 Å². The smallest absolute Gasteiger partial charge is 0.258 e. The van der Waals surface area contributed by atoms with Gasteiger partial charge in [-0.05, 0) is 43.5 Å². The van der Waals surface area contributed by atoms with Gasteiger partial charge in [0, 0.05) is 13.2 Å². The third kappa shape index (κ3) is 3.97. The number of amides is 1. The first-order valence-corrected chi connectivity index (χ1v) is 6.66. The molecule has 1 aliphatic carbocycles. The van der Waals surface area contributed by atoms with Crippen molar-refractivity contribution in [2.45, 2.75) is 31.4 Å². The van der Waals surface area contributed by atoms with E-state index < -0.39 is 0 Å². The van der Waals surface area contributed by atoms with Crippen LogP contribution in [-0.4, -0.2) is 31.8 Å². The summed E-state index contributed by atoms with van der Waals surface area (Å²) in [6, 6.07) is 8.89. The van der Waals surface area contributed by atoms with Crippen molar-refractivity contribution in [3.63, 3.8) is 0 Å². The largest absolute Gasteiger partial charge is 0.484 e. The van der Waals surface area contributed by atoms with E-state index in [0.717, 1.165) is 19.3 Å². The summed E-state index contributed by atoms with van der Waals surface area (Å²) >= 11 is 0. The average molecular weight is 274 g/mol. The zero-order valence-corrected chi connectivity index (χ0v) is 11.5. The average Bonchev–Trinajstić information content (AvgIpc) is 2.93. The van der Waals surface area contributed by atoms with Crippen LogP contribution in [0.25, 0.3) is 0 Å². The first-order valence-electron chi connectivity index (χ1n) is 6.66. The fourth-order valence-electron chi connectivity index (χ4n) is 2.33. The number of carbonyl (C=O) groups excluding carboxylic acids is 1. The number of benzene rings is 1. The van der Waals surface area contributed by atoms with Crippen molar-refractivity contribution >= 4 is 5.91 Å². The van der Waals surface area contributed by atoms with Gasteiger partial charge in [-0.3, -0.25) is 4.79 Å². The van der Waals surface area contributed by atoms with Crippen LogP contribution >= 0.6 is 0 Å². The van der Waals surface area contributed by atoms with E-state index in [2.05, 4.69) is 5.32 Å². The lowest BCUT2D eigenvalue weighted by molar-refractivity contribution is -0.123. The highest BCUT2D eigenvalue weighted by Gasteiger charge is 2.25. The Morgan fingerprint density at radius 2 is 2.15 bits per heavy atom. The second-order valence-electron chi connectivity index (χ2n) is 4.86. The molecule has 2 unspecified atom stereocenters. The molecule has 1 N–H and O–H groups in total. The van der Waals surface area contributed by atoms with Gasteiger partial charge in [0.25, 0.3) is 5.91 Å². The molecule has 0 spiro atoms. The summed E-state index contributed by atoms with van der Waals surface area (Å²) in [5.74, 6) is 0.455. The zero-order valence-electron chi connectivity index (χ0n) is 11.5. The number of nitriles is 1. The molecule has 1 fully saturated rings. The molecule has 1 aromatic carbocycles. The molecule has 0 radical (unpaired) electrons. The maximum atomic E-state index is 11.8. The van der Waals surface area contributed by atoms with Gasteiger partial charge in [-0.15, -0.1) is 0 Å². The topological polar surface area (TPSA) is 71.3 Å². The van der Waals surface area contributed by atoms with Crippen molar-refractivity contribution in [1.82, 2.24) is 5.32 Å². The standard InChI is InChI=1S/C15H18N2O3/c1-19-14-7-4-12(8-14)17-15(18)10-20-13-5-2-11(9-16)3-6-13/h2-3,5-6,12,14H,4,7-8,10H2,1H3,(H,17,18). The van der Waals surface area contributed by atoms with E-state index >= 15 is 0 Å². The Kier molecular flexibility index (Phi) is 4.97. The maximum absolute atomic E-state index is 11.8. The lowest BCUT2D eigenvalue weighted by Crippen LogP contribution is -2.36. The van der Waals surface area contributed by atoms with Crippen molar-refractivity contribution in [2.24, 2.45) is 0 Å². The number of nitrogens with zero attached hydrogens (tertiary/aromatic N) is 1. The molecule has 0 aromatic heterocycles. The Hall–Kier alpha value is -2.06. The van der Waals surface area contributed by atoms with Crippen molar-refractivity contribution in [3.8, 4) is 11.8 Å². The highest BCUT2D eigenvalue weighted by Crippen LogP contribution is 2.21. The molecule has 2 atom stereocenters. The van der Waals surface area contributed by atoms with E-state index in [1.807, 2.05) is 6.07 Å². The summed E-state index contributed by atoms with van der Waals surface area (Å²) in [7, 11) is 1.70. The number of nitrogens with one attached hydrogen (secondary N) is 1. The van der Waals surface area contributed by atoms with Gasteiger partial charge >= 0.3 is 0 Å². The fourth-order valence-corrected chi connectivity index (χ4v) is 2.33. The van der Waals surface area contributed by atoms with Crippen LogP contribution in [-0.2, 0) is 9.53 Å². The van der Waals surface area contributed by atoms with Crippen LogP contribution in [0, 0.1) is 11.3 Å². The van der Waals surface area contributed by atoms with Crippen molar-refractivity contribution in [1.29, 1.82) is 5.26 Å². The molecule has 5 nitrogen and oxygen atoms in total. The number of methoxy groups -OCH3 is 1. The number of hydrogen-bond acceptors (Lipinski definition) is 4. The molecule has 0 saturated heterocycles. The molecule has 0 bridgehead atoms. The van der Waals surface area contributed by atoms with Crippen molar-refractivity contribution in [2.75, 3.05) is 13.7 Å². The van der Waals surface area contributed by atoms with Gasteiger partial charge in [0.05, 0.1) is 17.7 Å². The summed E-state index contributed by atoms with van der Waals surface area (Å²) < 4.78 is 10.6. The first kappa shape index (κ1) is 14.4. The summed E-state index contributed by atoms with van der Waals surface area (Å²) in [5, 5.41) is 11.6. The van der Waals surface area contributed by atoms with Crippen LogP contribution in [0.2, 0.25) is 0 Å². The zero-order chi connectivity index (χ0) is 14.4. The number of carbonyl (C=O) groups is 1. The van der Waals surface area contributed by atoms with E-state index in [4.69, 9.17) is 14.7 Å². The van der Waals surface area contributed by atoms with Gasteiger partial charge in [-0.1, -0.05) is 0 Å². The Morgan fingerprint density at radius 3 is 2.75 bits per heavy atom. The monoisotopic (exact) mass is 274 g/mol. The highest BCUT2D eigenvalue weighted by atomic mass is 16.5. The molecule has 20 heavy (non-hydrogen) atoms.